The normalized spacial score (nSPS) is 10.1. The van der Waals surface area contributed by atoms with Crippen LogP contribution in [0.4, 0.5) is 0 Å². The molecular formula is C13H13NO2. The molecule has 2 rings (SSSR count). The molecule has 0 radical (unpaired) electrons. The number of hydrogen-bond donors (Lipinski definition) is 1. The molecule has 1 aromatic carbocycles. The summed E-state index contributed by atoms with van der Waals surface area (Å²) in [5.74, 6) is 0.951. The van der Waals surface area contributed by atoms with Gasteiger partial charge < -0.3 is 9.84 Å². The van der Waals surface area contributed by atoms with Crippen LogP contribution in [0.2, 0.25) is 0 Å². The predicted molar refractivity (Wildman–Crippen MR) is 61.4 cm³/mol. The van der Waals surface area contributed by atoms with Gasteiger partial charge in [-0.15, -0.1) is 0 Å². The largest absolute Gasteiger partial charge is 0.508 e. The Kier molecular flexibility index (Phi) is 3.05. The van der Waals surface area contributed by atoms with Gasteiger partial charge in [0.25, 0.3) is 0 Å². The van der Waals surface area contributed by atoms with Crippen molar-refractivity contribution in [3.63, 3.8) is 0 Å². The molecule has 2 aromatic rings. The molecule has 0 aliphatic heterocycles. The number of benzene rings is 1. The summed E-state index contributed by atoms with van der Waals surface area (Å²) in [6, 6.07) is 9.07. The minimum Gasteiger partial charge on any atom is -0.508 e. The van der Waals surface area contributed by atoms with E-state index in [2.05, 4.69) is 4.98 Å². The van der Waals surface area contributed by atoms with E-state index in [1.54, 1.807) is 24.5 Å². The van der Waals surface area contributed by atoms with Crippen LogP contribution in [0.5, 0.6) is 11.5 Å². The number of aromatic nitrogens is 1. The van der Waals surface area contributed by atoms with E-state index >= 15 is 0 Å². The average molecular weight is 215 g/mol. The molecule has 0 atom stereocenters. The summed E-state index contributed by atoms with van der Waals surface area (Å²) in [5.41, 5.74) is 1.76. The van der Waals surface area contributed by atoms with E-state index in [4.69, 9.17) is 4.74 Å². The van der Waals surface area contributed by atoms with Crippen LogP contribution in [0.3, 0.4) is 0 Å². The molecule has 3 nitrogen and oxygen atoms in total. The number of pyridine rings is 1. The molecule has 0 amide bonds. The molecule has 3 heteroatoms. The number of phenols is 1. The number of phenolic OH excluding ortho intramolecular Hbond substituents is 1. The second-order valence-electron chi connectivity index (χ2n) is 3.55. The summed E-state index contributed by atoms with van der Waals surface area (Å²) >= 11 is 0. The van der Waals surface area contributed by atoms with Crippen molar-refractivity contribution >= 4 is 0 Å². The molecule has 1 N–H and O–H groups in total. The topological polar surface area (TPSA) is 42.4 Å². The first-order chi connectivity index (χ1) is 7.77. The van der Waals surface area contributed by atoms with Gasteiger partial charge in [0.2, 0.25) is 0 Å². The summed E-state index contributed by atoms with van der Waals surface area (Å²) in [4.78, 5) is 4.01. The van der Waals surface area contributed by atoms with E-state index < -0.39 is 0 Å². The standard InChI is InChI=1S/C13H13NO2/c1-10-12(15)5-2-6-13(10)16-9-11-4-3-7-14-8-11/h2-8,15H,9H2,1H3. The molecule has 16 heavy (non-hydrogen) atoms. The average Bonchev–Trinajstić information content (AvgIpc) is 2.32. The molecular weight excluding hydrogens is 202 g/mol. The Morgan fingerprint density at radius 1 is 1.25 bits per heavy atom. The zero-order chi connectivity index (χ0) is 11.4. The summed E-state index contributed by atoms with van der Waals surface area (Å²) in [5, 5.41) is 9.50. The lowest BCUT2D eigenvalue weighted by atomic mass is 10.2. The van der Waals surface area contributed by atoms with Crippen LogP contribution in [-0.4, -0.2) is 10.1 Å². The molecule has 0 unspecified atom stereocenters. The van der Waals surface area contributed by atoms with Crippen molar-refractivity contribution in [3.8, 4) is 11.5 Å². The fraction of sp³-hybridized carbons (Fsp3) is 0.154. The van der Waals surface area contributed by atoms with Crippen molar-refractivity contribution in [1.29, 1.82) is 0 Å². The van der Waals surface area contributed by atoms with Gasteiger partial charge in [0.05, 0.1) is 0 Å². The zero-order valence-electron chi connectivity index (χ0n) is 9.05. The molecule has 0 aliphatic carbocycles. The highest BCUT2D eigenvalue weighted by atomic mass is 16.5. The van der Waals surface area contributed by atoms with Crippen LogP contribution in [0.1, 0.15) is 11.1 Å². The van der Waals surface area contributed by atoms with E-state index in [9.17, 15) is 5.11 Å². The number of nitrogens with zero attached hydrogens (tertiary/aromatic N) is 1. The second kappa shape index (κ2) is 4.66. The highest BCUT2D eigenvalue weighted by molar-refractivity contribution is 5.42. The Labute approximate surface area is 94.3 Å². The first-order valence-corrected chi connectivity index (χ1v) is 5.07. The van der Waals surface area contributed by atoms with Crippen molar-refractivity contribution in [2.24, 2.45) is 0 Å². The number of rotatable bonds is 3. The molecule has 1 aromatic heterocycles. The number of ether oxygens (including phenoxy) is 1. The van der Waals surface area contributed by atoms with Crippen molar-refractivity contribution in [1.82, 2.24) is 4.98 Å². The van der Waals surface area contributed by atoms with Gasteiger partial charge in [0.1, 0.15) is 18.1 Å². The quantitative estimate of drug-likeness (QED) is 0.855. The number of aromatic hydroxyl groups is 1. The van der Waals surface area contributed by atoms with Gasteiger partial charge in [-0.3, -0.25) is 4.98 Å². The van der Waals surface area contributed by atoms with Gasteiger partial charge in [-0.1, -0.05) is 12.1 Å². The molecule has 0 fully saturated rings. The van der Waals surface area contributed by atoms with Crippen LogP contribution >= 0.6 is 0 Å². The molecule has 1 heterocycles. The minimum absolute atomic E-state index is 0.253. The Morgan fingerprint density at radius 3 is 2.88 bits per heavy atom. The molecule has 0 saturated heterocycles. The maximum atomic E-state index is 9.50. The van der Waals surface area contributed by atoms with Crippen LogP contribution in [-0.2, 0) is 6.61 Å². The maximum Gasteiger partial charge on any atom is 0.126 e. The van der Waals surface area contributed by atoms with Crippen LogP contribution < -0.4 is 4.74 Å². The zero-order valence-corrected chi connectivity index (χ0v) is 9.05. The van der Waals surface area contributed by atoms with Gasteiger partial charge in [0.15, 0.2) is 0 Å². The van der Waals surface area contributed by atoms with E-state index in [0.29, 0.717) is 12.4 Å². The fourth-order valence-corrected chi connectivity index (χ4v) is 1.40. The van der Waals surface area contributed by atoms with Gasteiger partial charge in [0, 0.05) is 23.5 Å². The third-order valence-corrected chi connectivity index (χ3v) is 2.37. The Bertz CT molecular complexity index is 469. The lowest BCUT2D eigenvalue weighted by Gasteiger charge is -2.09. The van der Waals surface area contributed by atoms with Crippen molar-refractivity contribution in [3.05, 3.63) is 53.9 Å². The molecule has 0 spiro atoms. The fourth-order valence-electron chi connectivity index (χ4n) is 1.40. The van der Waals surface area contributed by atoms with E-state index in [0.717, 1.165) is 11.1 Å². The Balaban J connectivity index is 2.08. The van der Waals surface area contributed by atoms with Gasteiger partial charge in [-0.05, 0) is 25.1 Å². The molecule has 0 aliphatic rings. The smallest absolute Gasteiger partial charge is 0.126 e. The van der Waals surface area contributed by atoms with Crippen molar-refractivity contribution < 1.29 is 9.84 Å². The second-order valence-corrected chi connectivity index (χ2v) is 3.55. The third kappa shape index (κ3) is 2.31. The van der Waals surface area contributed by atoms with Crippen molar-refractivity contribution in [2.45, 2.75) is 13.5 Å². The van der Waals surface area contributed by atoms with Crippen LogP contribution in [0, 0.1) is 6.92 Å². The van der Waals surface area contributed by atoms with Gasteiger partial charge >= 0.3 is 0 Å². The molecule has 0 saturated carbocycles. The predicted octanol–water partition coefficient (Wildman–Crippen LogP) is 2.67. The molecule has 82 valence electrons. The van der Waals surface area contributed by atoms with Crippen molar-refractivity contribution in [2.75, 3.05) is 0 Å². The summed E-state index contributed by atoms with van der Waals surface area (Å²) in [6.45, 7) is 2.28. The van der Waals surface area contributed by atoms with Crippen LogP contribution in [0.25, 0.3) is 0 Å². The molecule has 0 bridgehead atoms. The summed E-state index contributed by atoms with van der Waals surface area (Å²) < 4.78 is 5.60. The van der Waals surface area contributed by atoms with E-state index in [1.807, 2.05) is 25.1 Å². The Morgan fingerprint density at radius 2 is 2.12 bits per heavy atom. The first-order valence-electron chi connectivity index (χ1n) is 5.07. The highest BCUT2D eigenvalue weighted by Gasteiger charge is 2.03. The van der Waals surface area contributed by atoms with Crippen LogP contribution in [0.15, 0.2) is 42.7 Å². The van der Waals surface area contributed by atoms with E-state index in [-0.39, 0.29) is 5.75 Å². The third-order valence-electron chi connectivity index (χ3n) is 2.37. The lowest BCUT2D eigenvalue weighted by molar-refractivity contribution is 0.301. The van der Waals surface area contributed by atoms with Gasteiger partial charge in [-0.25, -0.2) is 0 Å². The monoisotopic (exact) mass is 215 g/mol. The maximum absolute atomic E-state index is 9.50. The highest BCUT2D eigenvalue weighted by Crippen LogP contribution is 2.26. The Hall–Kier alpha value is -2.03. The number of hydrogen-bond acceptors (Lipinski definition) is 3. The minimum atomic E-state index is 0.253. The lowest BCUT2D eigenvalue weighted by Crippen LogP contribution is -1.97. The van der Waals surface area contributed by atoms with E-state index in [1.165, 1.54) is 0 Å². The summed E-state index contributed by atoms with van der Waals surface area (Å²) in [7, 11) is 0. The SMILES string of the molecule is Cc1c(O)cccc1OCc1cccnc1. The van der Waals surface area contributed by atoms with Gasteiger partial charge in [-0.2, -0.15) is 0 Å². The summed E-state index contributed by atoms with van der Waals surface area (Å²) in [6.07, 6.45) is 3.49. The first kappa shape index (κ1) is 10.5.